The van der Waals surface area contributed by atoms with Crippen LogP contribution in [-0.2, 0) is 0 Å². The minimum Gasteiger partial charge on any atom is -0.457 e. The summed E-state index contributed by atoms with van der Waals surface area (Å²) in [7, 11) is 0. The van der Waals surface area contributed by atoms with Gasteiger partial charge in [-0.1, -0.05) is 34.1 Å². The average molecular weight is 324 g/mol. The van der Waals surface area contributed by atoms with Crippen molar-refractivity contribution in [3.05, 3.63) is 70.7 Å². The first kappa shape index (κ1) is 12.7. The predicted molar refractivity (Wildman–Crippen MR) is 82.9 cm³/mol. The molecule has 0 atom stereocenters. The van der Waals surface area contributed by atoms with Gasteiger partial charge in [-0.2, -0.15) is 5.26 Å². The van der Waals surface area contributed by atoms with Crippen molar-refractivity contribution in [2.45, 2.75) is 0 Å². The van der Waals surface area contributed by atoms with Gasteiger partial charge in [0.15, 0.2) is 0 Å². The molecule has 0 heterocycles. The van der Waals surface area contributed by atoms with Crippen LogP contribution < -0.4 is 4.74 Å². The zero-order chi connectivity index (χ0) is 13.9. The highest BCUT2D eigenvalue weighted by atomic mass is 79.9. The topological polar surface area (TPSA) is 33.0 Å². The molecule has 2 nitrogen and oxygen atoms in total. The summed E-state index contributed by atoms with van der Waals surface area (Å²) in [5, 5.41) is 11.1. The number of hydrogen-bond acceptors (Lipinski definition) is 2. The van der Waals surface area contributed by atoms with E-state index in [0.29, 0.717) is 11.3 Å². The standard InChI is InChI=1S/C17H10BrNO/c18-15-6-4-14-10-17(7-5-13(14)9-15)20-16-3-1-2-12(8-16)11-19/h1-10H. The molecular formula is C17H10BrNO. The molecular weight excluding hydrogens is 314 g/mol. The molecule has 0 aliphatic carbocycles. The van der Waals surface area contributed by atoms with Gasteiger partial charge < -0.3 is 4.74 Å². The van der Waals surface area contributed by atoms with Crippen LogP contribution in [0.4, 0.5) is 0 Å². The van der Waals surface area contributed by atoms with Gasteiger partial charge in [-0.15, -0.1) is 0 Å². The van der Waals surface area contributed by atoms with Crippen LogP contribution in [0.15, 0.2) is 65.1 Å². The van der Waals surface area contributed by atoms with E-state index in [4.69, 9.17) is 10.00 Å². The fourth-order valence-corrected chi connectivity index (χ4v) is 2.40. The van der Waals surface area contributed by atoms with Crippen LogP contribution in [0.5, 0.6) is 11.5 Å². The summed E-state index contributed by atoms with van der Waals surface area (Å²) in [5.41, 5.74) is 0.590. The Morgan fingerprint density at radius 2 is 1.60 bits per heavy atom. The van der Waals surface area contributed by atoms with Crippen LogP contribution in [-0.4, -0.2) is 0 Å². The van der Waals surface area contributed by atoms with E-state index in [0.717, 1.165) is 21.0 Å². The van der Waals surface area contributed by atoms with Crippen LogP contribution >= 0.6 is 15.9 Å². The zero-order valence-electron chi connectivity index (χ0n) is 10.5. The normalized spacial score (nSPS) is 10.2. The third-order valence-corrected chi connectivity index (χ3v) is 3.47. The number of hydrogen-bond donors (Lipinski definition) is 0. The van der Waals surface area contributed by atoms with Gasteiger partial charge in [-0.25, -0.2) is 0 Å². The molecule has 3 aromatic carbocycles. The monoisotopic (exact) mass is 323 g/mol. The van der Waals surface area contributed by atoms with Gasteiger partial charge in [0.05, 0.1) is 11.6 Å². The van der Waals surface area contributed by atoms with Crippen molar-refractivity contribution in [2.24, 2.45) is 0 Å². The first-order valence-electron chi connectivity index (χ1n) is 6.12. The maximum absolute atomic E-state index is 8.89. The molecule has 3 heteroatoms. The van der Waals surface area contributed by atoms with Crippen molar-refractivity contribution in [1.29, 1.82) is 5.26 Å². The van der Waals surface area contributed by atoms with Crippen LogP contribution in [0, 0.1) is 11.3 Å². The Kier molecular flexibility index (Phi) is 3.41. The third kappa shape index (κ3) is 2.66. The Hall–Kier alpha value is -2.31. The number of fused-ring (bicyclic) bond motifs is 1. The van der Waals surface area contributed by atoms with E-state index in [2.05, 4.69) is 28.1 Å². The molecule has 96 valence electrons. The van der Waals surface area contributed by atoms with Gasteiger partial charge in [0.2, 0.25) is 0 Å². The van der Waals surface area contributed by atoms with E-state index in [9.17, 15) is 0 Å². The summed E-state index contributed by atoms with van der Waals surface area (Å²) >= 11 is 3.46. The molecule has 20 heavy (non-hydrogen) atoms. The Bertz CT molecular complexity index is 821. The molecule has 0 unspecified atom stereocenters. The fraction of sp³-hybridized carbons (Fsp3) is 0. The summed E-state index contributed by atoms with van der Waals surface area (Å²) in [4.78, 5) is 0. The van der Waals surface area contributed by atoms with Crippen LogP contribution in [0.1, 0.15) is 5.56 Å². The van der Waals surface area contributed by atoms with Crippen molar-refractivity contribution >= 4 is 26.7 Å². The molecule has 0 saturated carbocycles. The largest absolute Gasteiger partial charge is 0.457 e. The Morgan fingerprint density at radius 3 is 2.45 bits per heavy atom. The van der Waals surface area contributed by atoms with Crippen molar-refractivity contribution in [2.75, 3.05) is 0 Å². The molecule has 0 aliphatic heterocycles. The highest BCUT2D eigenvalue weighted by molar-refractivity contribution is 9.10. The number of ether oxygens (including phenoxy) is 1. The lowest BCUT2D eigenvalue weighted by molar-refractivity contribution is 0.483. The van der Waals surface area contributed by atoms with Crippen LogP contribution in [0.3, 0.4) is 0 Å². The van der Waals surface area contributed by atoms with Gasteiger partial charge in [0.25, 0.3) is 0 Å². The third-order valence-electron chi connectivity index (χ3n) is 2.97. The number of nitrogens with zero attached hydrogens (tertiary/aromatic N) is 1. The summed E-state index contributed by atoms with van der Waals surface area (Å²) < 4.78 is 6.85. The van der Waals surface area contributed by atoms with E-state index in [1.54, 1.807) is 12.1 Å². The molecule has 0 N–H and O–H groups in total. The van der Waals surface area contributed by atoms with E-state index in [-0.39, 0.29) is 0 Å². The quantitative estimate of drug-likeness (QED) is 0.643. The zero-order valence-corrected chi connectivity index (χ0v) is 12.1. The lowest BCUT2D eigenvalue weighted by Crippen LogP contribution is -1.85. The Labute approximate surface area is 125 Å². The van der Waals surface area contributed by atoms with Gasteiger partial charge >= 0.3 is 0 Å². The van der Waals surface area contributed by atoms with Gasteiger partial charge in [-0.05, 0) is 53.2 Å². The highest BCUT2D eigenvalue weighted by Crippen LogP contribution is 2.27. The summed E-state index contributed by atoms with van der Waals surface area (Å²) in [6.45, 7) is 0. The summed E-state index contributed by atoms with van der Waals surface area (Å²) in [6, 6.07) is 21.3. The minimum absolute atomic E-state index is 0.590. The minimum atomic E-state index is 0.590. The lowest BCUT2D eigenvalue weighted by atomic mass is 10.1. The molecule has 3 rings (SSSR count). The molecule has 0 saturated heterocycles. The molecule has 0 aromatic heterocycles. The first-order valence-corrected chi connectivity index (χ1v) is 6.91. The molecule has 0 spiro atoms. The van der Waals surface area contributed by atoms with E-state index in [1.807, 2.05) is 42.5 Å². The predicted octanol–water partition coefficient (Wildman–Crippen LogP) is 5.27. The van der Waals surface area contributed by atoms with Gasteiger partial charge in [0, 0.05) is 4.47 Å². The highest BCUT2D eigenvalue weighted by Gasteiger charge is 2.01. The van der Waals surface area contributed by atoms with E-state index >= 15 is 0 Å². The van der Waals surface area contributed by atoms with Crippen LogP contribution in [0.2, 0.25) is 0 Å². The number of benzene rings is 3. The maximum Gasteiger partial charge on any atom is 0.128 e. The molecule has 0 radical (unpaired) electrons. The van der Waals surface area contributed by atoms with E-state index < -0.39 is 0 Å². The van der Waals surface area contributed by atoms with Crippen molar-refractivity contribution < 1.29 is 4.74 Å². The molecule has 0 fully saturated rings. The van der Waals surface area contributed by atoms with Crippen LogP contribution in [0.25, 0.3) is 10.8 Å². The fourth-order valence-electron chi connectivity index (χ4n) is 2.02. The summed E-state index contributed by atoms with van der Waals surface area (Å²) in [5.74, 6) is 1.43. The molecule has 0 amide bonds. The Balaban J connectivity index is 1.94. The molecule has 3 aromatic rings. The van der Waals surface area contributed by atoms with Gasteiger partial charge in [-0.3, -0.25) is 0 Å². The number of halogens is 1. The second-order valence-electron chi connectivity index (χ2n) is 4.39. The molecule has 0 bridgehead atoms. The van der Waals surface area contributed by atoms with Crippen molar-refractivity contribution in [1.82, 2.24) is 0 Å². The number of nitriles is 1. The second kappa shape index (κ2) is 5.36. The maximum atomic E-state index is 8.89. The SMILES string of the molecule is N#Cc1cccc(Oc2ccc3cc(Br)ccc3c2)c1. The lowest BCUT2D eigenvalue weighted by Gasteiger charge is -2.07. The average Bonchev–Trinajstić information content (AvgIpc) is 2.47. The molecule has 0 aliphatic rings. The van der Waals surface area contributed by atoms with Crippen molar-refractivity contribution in [3.8, 4) is 17.6 Å². The van der Waals surface area contributed by atoms with Gasteiger partial charge in [0.1, 0.15) is 11.5 Å². The number of rotatable bonds is 2. The smallest absolute Gasteiger partial charge is 0.128 e. The van der Waals surface area contributed by atoms with Crippen molar-refractivity contribution in [3.63, 3.8) is 0 Å². The second-order valence-corrected chi connectivity index (χ2v) is 5.31. The van der Waals surface area contributed by atoms with E-state index in [1.165, 1.54) is 0 Å². The summed E-state index contributed by atoms with van der Waals surface area (Å²) in [6.07, 6.45) is 0. The first-order chi connectivity index (χ1) is 9.74. The Morgan fingerprint density at radius 1 is 0.850 bits per heavy atom.